The summed E-state index contributed by atoms with van der Waals surface area (Å²) in [7, 11) is 0. The van der Waals surface area contributed by atoms with E-state index in [4.69, 9.17) is 9.47 Å². The number of aromatic nitrogens is 2. The molecule has 1 aromatic rings. The van der Waals surface area contributed by atoms with Gasteiger partial charge in [-0.2, -0.15) is 0 Å². The maximum absolute atomic E-state index is 5.96. The fourth-order valence-electron chi connectivity index (χ4n) is 2.72. The first-order valence-corrected chi connectivity index (χ1v) is 7.45. The number of fused-ring (bicyclic) bond motifs is 2. The number of piperidine rings is 1. The van der Waals surface area contributed by atoms with Crippen molar-refractivity contribution in [1.82, 2.24) is 14.1 Å². The molecule has 2 fully saturated rings. The fourth-order valence-corrected chi connectivity index (χ4v) is 3.16. The molecule has 0 amide bonds. The predicted octanol–water partition coefficient (Wildman–Crippen LogP) is 1.85. The van der Waals surface area contributed by atoms with Crippen molar-refractivity contribution >= 4 is 11.7 Å². The second-order valence-electron chi connectivity index (χ2n) is 5.09. The second kappa shape index (κ2) is 5.40. The Kier molecular flexibility index (Phi) is 3.65. The van der Waals surface area contributed by atoms with Crippen LogP contribution < -0.4 is 14.8 Å². The van der Waals surface area contributed by atoms with Crippen molar-refractivity contribution in [3.8, 4) is 11.8 Å². The van der Waals surface area contributed by atoms with E-state index in [2.05, 4.69) is 21.0 Å². The topological polar surface area (TPSA) is 56.3 Å². The number of nitrogens with zero attached hydrogens (tertiary/aromatic N) is 2. The predicted molar refractivity (Wildman–Crippen MR) is 69.2 cm³/mol. The van der Waals surface area contributed by atoms with Crippen LogP contribution in [0.15, 0.2) is 0 Å². The van der Waals surface area contributed by atoms with Crippen molar-refractivity contribution < 1.29 is 9.47 Å². The van der Waals surface area contributed by atoms with Crippen molar-refractivity contribution in [3.63, 3.8) is 0 Å². The first kappa shape index (κ1) is 12.2. The van der Waals surface area contributed by atoms with Crippen molar-refractivity contribution in [2.45, 2.75) is 44.8 Å². The highest BCUT2D eigenvalue weighted by molar-refractivity contribution is 6.99. The Bertz CT molecular complexity index is 398. The van der Waals surface area contributed by atoms with Gasteiger partial charge in [0, 0.05) is 6.04 Å². The molecule has 3 rings (SSSR count). The van der Waals surface area contributed by atoms with Crippen LogP contribution in [0.1, 0.15) is 32.6 Å². The molecule has 6 heteroatoms. The van der Waals surface area contributed by atoms with Crippen LogP contribution in [0.2, 0.25) is 0 Å². The largest absolute Gasteiger partial charge is 0.473 e. The van der Waals surface area contributed by atoms with Gasteiger partial charge in [-0.15, -0.1) is 8.75 Å². The van der Waals surface area contributed by atoms with Crippen molar-refractivity contribution in [1.29, 1.82) is 0 Å². The number of nitrogens with one attached hydrogen (secondary N) is 1. The highest BCUT2D eigenvalue weighted by Crippen LogP contribution is 2.35. The maximum atomic E-state index is 5.96. The Morgan fingerprint density at radius 2 is 2.22 bits per heavy atom. The zero-order valence-corrected chi connectivity index (χ0v) is 11.4. The monoisotopic (exact) mass is 269 g/mol. The number of rotatable bonds is 6. The van der Waals surface area contributed by atoms with E-state index in [0.717, 1.165) is 43.5 Å². The van der Waals surface area contributed by atoms with Crippen LogP contribution in [0.5, 0.6) is 11.8 Å². The molecular formula is C12H19N3O2S. The van der Waals surface area contributed by atoms with Crippen molar-refractivity contribution in [2.75, 3.05) is 13.2 Å². The molecule has 1 saturated carbocycles. The fraction of sp³-hybridized carbons (Fsp3) is 0.833. The molecule has 1 aromatic heterocycles. The summed E-state index contributed by atoms with van der Waals surface area (Å²) < 4.78 is 19.9. The standard InChI is InChI=1S/C12H19N3O2S/c1-2-3-4-16-11-12(15-18-14-11)17-10-6-8-5-9(10)13-7-8/h8-10,13H,2-7H2,1H3. The van der Waals surface area contributed by atoms with Crippen LogP contribution in [0.3, 0.4) is 0 Å². The van der Waals surface area contributed by atoms with Crippen LogP contribution in [0, 0.1) is 5.92 Å². The Balaban J connectivity index is 1.57. The van der Waals surface area contributed by atoms with Crippen LogP contribution in [0.4, 0.5) is 0 Å². The SMILES string of the molecule is CCCCOc1nsnc1OC1CC2CNC1C2. The quantitative estimate of drug-likeness (QED) is 0.799. The van der Waals surface area contributed by atoms with E-state index >= 15 is 0 Å². The van der Waals surface area contributed by atoms with E-state index in [1.54, 1.807) is 0 Å². The van der Waals surface area contributed by atoms with E-state index in [0.29, 0.717) is 24.4 Å². The number of hydrogen-bond acceptors (Lipinski definition) is 6. The normalized spacial score (nSPS) is 29.7. The summed E-state index contributed by atoms with van der Waals surface area (Å²) in [6, 6.07) is 0.486. The second-order valence-corrected chi connectivity index (χ2v) is 5.61. The van der Waals surface area contributed by atoms with Gasteiger partial charge in [0.25, 0.3) is 11.8 Å². The molecule has 2 aliphatic rings. The lowest BCUT2D eigenvalue weighted by Gasteiger charge is -2.22. The van der Waals surface area contributed by atoms with Gasteiger partial charge in [-0.05, 0) is 31.7 Å². The van der Waals surface area contributed by atoms with E-state index in [1.165, 1.54) is 6.42 Å². The summed E-state index contributed by atoms with van der Waals surface area (Å²) in [4.78, 5) is 0. The summed E-state index contributed by atoms with van der Waals surface area (Å²) in [5.41, 5.74) is 0. The third-order valence-electron chi connectivity index (χ3n) is 3.70. The molecule has 1 aliphatic heterocycles. The van der Waals surface area contributed by atoms with Gasteiger partial charge >= 0.3 is 0 Å². The van der Waals surface area contributed by atoms with Crippen LogP contribution in [-0.2, 0) is 0 Å². The summed E-state index contributed by atoms with van der Waals surface area (Å²) in [5.74, 6) is 1.92. The van der Waals surface area contributed by atoms with Crippen LogP contribution >= 0.6 is 11.7 Å². The molecule has 1 N–H and O–H groups in total. The highest BCUT2D eigenvalue weighted by Gasteiger charge is 2.41. The smallest absolute Gasteiger partial charge is 0.291 e. The zero-order valence-electron chi connectivity index (χ0n) is 10.6. The molecule has 0 spiro atoms. The van der Waals surface area contributed by atoms with Crippen LogP contribution in [-0.4, -0.2) is 34.0 Å². The first-order chi connectivity index (χ1) is 8.86. The van der Waals surface area contributed by atoms with E-state index < -0.39 is 0 Å². The van der Waals surface area contributed by atoms with E-state index in [-0.39, 0.29) is 6.10 Å². The van der Waals surface area contributed by atoms with Gasteiger partial charge in [0.15, 0.2) is 0 Å². The third kappa shape index (κ3) is 2.44. The van der Waals surface area contributed by atoms with Gasteiger partial charge in [0.05, 0.1) is 18.3 Å². The van der Waals surface area contributed by atoms with Gasteiger partial charge in [0.1, 0.15) is 6.10 Å². The third-order valence-corrected chi connectivity index (χ3v) is 4.20. The molecule has 100 valence electrons. The molecule has 2 bridgehead atoms. The lowest BCUT2D eigenvalue weighted by atomic mass is 10.1. The summed E-state index contributed by atoms with van der Waals surface area (Å²) in [6.45, 7) is 3.97. The molecule has 1 aliphatic carbocycles. The Hall–Kier alpha value is -0.880. The Morgan fingerprint density at radius 3 is 2.94 bits per heavy atom. The maximum Gasteiger partial charge on any atom is 0.291 e. The number of hydrogen-bond donors (Lipinski definition) is 1. The highest BCUT2D eigenvalue weighted by atomic mass is 32.1. The molecule has 0 radical (unpaired) electrons. The number of unbranched alkanes of at least 4 members (excludes halogenated alkanes) is 1. The molecule has 3 atom stereocenters. The summed E-state index contributed by atoms with van der Waals surface area (Å²) in [5, 5.41) is 3.48. The minimum atomic E-state index is 0.237. The average molecular weight is 269 g/mol. The molecule has 5 nitrogen and oxygen atoms in total. The number of ether oxygens (including phenoxy) is 2. The lowest BCUT2D eigenvalue weighted by molar-refractivity contribution is 0.144. The van der Waals surface area contributed by atoms with Crippen molar-refractivity contribution in [2.24, 2.45) is 5.92 Å². The molecule has 18 heavy (non-hydrogen) atoms. The first-order valence-electron chi connectivity index (χ1n) is 6.72. The molecule has 0 aromatic carbocycles. The summed E-state index contributed by atoms with van der Waals surface area (Å²) in [6.07, 6.45) is 4.75. The van der Waals surface area contributed by atoms with Gasteiger partial charge in [-0.1, -0.05) is 13.3 Å². The minimum Gasteiger partial charge on any atom is -0.473 e. The van der Waals surface area contributed by atoms with Gasteiger partial charge < -0.3 is 14.8 Å². The van der Waals surface area contributed by atoms with Gasteiger partial charge in [0.2, 0.25) is 0 Å². The molecule has 2 heterocycles. The Morgan fingerprint density at radius 1 is 1.33 bits per heavy atom. The molecular weight excluding hydrogens is 250 g/mol. The Labute approximate surface area is 111 Å². The average Bonchev–Trinajstić information content (AvgIpc) is 3.07. The summed E-state index contributed by atoms with van der Waals surface area (Å²) >= 11 is 1.16. The molecule has 3 unspecified atom stereocenters. The van der Waals surface area contributed by atoms with Gasteiger partial charge in [-0.3, -0.25) is 0 Å². The zero-order chi connectivity index (χ0) is 12.4. The molecule has 1 saturated heterocycles. The van der Waals surface area contributed by atoms with Crippen molar-refractivity contribution in [3.05, 3.63) is 0 Å². The minimum absolute atomic E-state index is 0.237. The van der Waals surface area contributed by atoms with E-state index in [9.17, 15) is 0 Å². The lowest BCUT2D eigenvalue weighted by Crippen LogP contribution is -2.40. The van der Waals surface area contributed by atoms with Crippen LogP contribution in [0.25, 0.3) is 0 Å². The van der Waals surface area contributed by atoms with E-state index in [1.807, 2.05) is 0 Å². The van der Waals surface area contributed by atoms with Gasteiger partial charge in [-0.25, -0.2) is 0 Å².